The summed E-state index contributed by atoms with van der Waals surface area (Å²) in [7, 11) is 0.104. The molecule has 56 valence electrons. The van der Waals surface area contributed by atoms with Crippen LogP contribution in [0.2, 0.25) is 0 Å². The van der Waals surface area contributed by atoms with Crippen molar-refractivity contribution in [2.75, 3.05) is 13.3 Å². The Kier molecular flexibility index (Phi) is 5.13. The largest absolute Gasteiger partial charge is 0.0817 e. The maximum Gasteiger partial charge on any atom is 0 e. The van der Waals surface area contributed by atoms with Crippen LogP contribution in [-0.2, 0) is 19.5 Å². The van der Waals surface area contributed by atoms with E-state index in [4.69, 9.17) is 0 Å². The minimum absolute atomic E-state index is 0. The summed E-state index contributed by atoms with van der Waals surface area (Å²) in [4.78, 5) is 0. The van der Waals surface area contributed by atoms with Gasteiger partial charge in [-0.2, -0.15) is 0 Å². The van der Waals surface area contributed by atoms with Gasteiger partial charge in [0, 0.05) is 19.5 Å². The minimum Gasteiger partial charge on any atom is -0.0817 e. The topological polar surface area (TPSA) is 0 Å². The van der Waals surface area contributed by atoms with Crippen molar-refractivity contribution in [1.29, 1.82) is 0 Å². The Morgan fingerprint density at radius 2 is 1.50 bits per heavy atom. The number of benzene rings is 1. The van der Waals surface area contributed by atoms with Gasteiger partial charge >= 0.3 is 0 Å². The molecule has 1 aromatic carbocycles. The van der Waals surface area contributed by atoms with E-state index in [0.29, 0.717) is 0 Å². The molecule has 2 heteroatoms. The van der Waals surface area contributed by atoms with Crippen LogP contribution in [-0.4, -0.2) is 13.3 Å². The molecule has 0 aliphatic rings. The third kappa shape index (κ3) is 2.91. The zero-order valence-electron chi connectivity index (χ0n) is 6.19. The van der Waals surface area contributed by atoms with E-state index >= 15 is 0 Å². The Bertz CT molecular complexity index is 172. The second-order valence-electron chi connectivity index (χ2n) is 2.23. The van der Waals surface area contributed by atoms with Gasteiger partial charge in [-0.25, -0.2) is 0 Å². The summed E-state index contributed by atoms with van der Waals surface area (Å²) in [6.07, 6.45) is 0. The number of hydrogen-bond donors (Lipinski definition) is 0. The third-order valence-electron chi connectivity index (χ3n) is 1.27. The van der Waals surface area contributed by atoms with Crippen molar-refractivity contribution in [3.05, 3.63) is 30.3 Å². The molecule has 0 amide bonds. The molecule has 0 nitrogen and oxygen atoms in total. The van der Waals surface area contributed by atoms with Crippen molar-refractivity contribution in [2.24, 2.45) is 0 Å². The van der Waals surface area contributed by atoms with Crippen molar-refractivity contribution >= 4 is 13.2 Å². The van der Waals surface area contributed by atoms with E-state index in [1.165, 1.54) is 5.30 Å². The van der Waals surface area contributed by atoms with Gasteiger partial charge in [-0.05, 0) is 18.6 Å². The van der Waals surface area contributed by atoms with E-state index in [1.54, 1.807) is 0 Å². The molecular weight excluding hydrogens is 228 g/mol. The molecule has 1 aromatic rings. The Hall–Kier alpha value is 0.273. The number of hydrogen-bond acceptors (Lipinski definition) is 0. The summed E-state index contributed by atoms with van der Waals surface area (Å²) in [5.74, 6) is 0. The standard InChI is InChI=1S/C8H11P.Ru/c1-9(2)8-6-4-3-5-7-8;/h3-7H,1-2H3;. The summed E-state index contributed by atoms with van der Waals surface area (Å²) in [5, 5.41) is 1.48. The molecule has 0 saturated carbocycles. The van der Waals surface area contributed by atoms with Gasteiger partial charge in [0.1, 0.15) is 0 Å². The molecular formula is C8H11PRu. The van der Waals surface area contributed by atoms with Crippen LogP contribution in [0, 0.1) is 0 Å². The van der Waals surface area contributed by atoms with E-state index in [-0.39, 0.29) is 27.4 Å². The van der Waals surface area contributed by atoms with Gasteiger partial charge in [-0.3, -0.25) is 0 Å². The maximum absolute atomic E-state index is 2.27. The van der Waals surface area contributed by atoms with Gasteiger partial charge in [0.15, 0.2) is 0 Å². The molecule has 0 N–H and O–H groups in total. The predicted molar refractivity (Wildman–Crippen MR) is 44.8 cm³/mol. The Morgan fingerprint density at radius 1 is 1.00 bits per heavy atom. The first-order valence-electron chi connectivity index (χ1n) is 3.03. The zero-order valence-corrected chi connectivity index (χ0v) is 8.82. The quantitative estimate of drug-likeness (QED) is 0.519. The smallest absolute Gasteiger partial charge is 0 e. The number of rotatable bonds is 1. The summed E-state index contributed by atoms with van der Waals surface area (Å²) < 4.78 is 0. The van der Waals surface area contributed by atoms with Crippen LogP contribution in [0.3, 0.4) is 0 Å². The first-order chi connectivity index (χ1) is 4.30. The molecule has 0 unspecified atom stereocenters. The Morgan fingerprint density at radius 3 is 1.80 bits per heavy atom. The summed E-state index contributed by atoms with van der Waals surface area (Å²) in [6.45, 7) is 4.54. The summed E-state index contributed by atoms with van der Waals surface area (Å²) >= 11 is 0. The van der Waals surface area contributed by atoms with Crippen molar-refractivity contribution in [3.63, 3.8) is 0 Å². The molecule has 0 fully saturated rings. The third-order valence-corrected chi connectivity index (χ3v) is 2.60. The van der Waals surface area contributed by atoms with E-state index in [1.807, 2.05) is 0 Å². The van der Waals surface area contributed by atoms with Crippen LogP contribution in [0.1, 0.15) is 0 Å². The second kappa shape index (κ2) is 4.99. The molecule has 0 radical (unpaired) electrons. The Labute approximate surface area is 76.5 Å². The molecule has 0 bridgehead atoms. The first kappa shape index (κ1) is 10.3. The molecule has 0 saturated heterocycles. The average Bonchev–Trinajstić information content (AvgIpc) is 1.90. The molecule has 1 rings (SSSR count). The molecule has 10 heavy (non-hydrogen) atoms. The minimum atomic E-state index is 0. The maximum atomic E-state index is 2.27. The summed E-state index contributed by atoms with van der Waals surface area (Å²) in [6, 6.07) is 10.6. The Balaban J connectivity index is 0.000000810. The van der Waals surface area contributed by atoms with Crippen LogP contribution in [0.5, 0.6) is 0 Å². The van der Waals surface area contributed by atoms with Crippen molar-refractivity contribution < 1.29 is 19.5 Å². The van der Waals surface area contributed by atoms with Crippen LogP contribution < -0.4 is 5.30 Å². The van der Waals surface area contributed by atoms with Gasteiger partial charge in [0.05, 0.1) is 0 Å². The fraction of sp³-hybridized carbons (Fsp3) is 0.250. The van der Waals surface area contributed by atoms with Crippen molar-refractivity contribution in [1.82, 2.24) is 0 Å². The fourth-order valence-electron chi connectivity index (χ4n) is 0.726. The monoisotopic (exact) mass is 240 g/mol. The average molecular weight is 239 g/mol. The van der Waals surface area contributed by atoms with Gasteiger partial charge in [0.2, 0.25) is 0 Å². The fourth-order valence-corrected chi connectivity index (χ4v) is 1.49. The zero-order chi connectivity index (χ0) is 6.69. The SMILES string of the molecule is CP(C)c1ccccc1.[Ru]. The van der Waals surface area contributed by atoms with Crippen LogP contribution in [0.15, 0.2) is 30.3 Å². The van der Waals surface area contributed by atoms with Gasteiger partial charge in [-0.1, -0.05) is 38.3 Å². The first-order valence-corrected chi connectivity index (χ1v) is 5.26. The van der Waals surface area contributed by atoms with E-state index in [0.717, 1.165) is 0 Å². The molecule has 0 spiro atoms. The molecule has 0 heterocycles. The van der Waals surface area contributed by atoms with Crippen molar-refractivity contribution in [3.8, 4) is 0 Å². The van der Waals surface area contributed by atoms with Crippen LogP contribution in [0.25, 0.3) is 0 Å². The van der Waals surface area contributed by atoms with Crippen LogP contribution >= 0.6 is 7.92 Å². The second-order valence-corrected chi connectivity index (χ2v) is 4.54. The van der Waals surface area contributed by atoms with Crippen molar-refractivity contribution in [2.45, 2.75) is 0 Å². The predicted octanol–water partition coefficient (Wildman–Crippen LogP) is 2.05. The van der Waals surface area contributed by atoms with E-state index < -0.39 is 0 Å². The summed E-state index contributed by atoms with van der Waals surface area (Å²) in [5.41, 5.74) is 0. The normalized spacial score (nSPS) is 9.10. The molecule has 0 aromatic heterocycles. The van der Waals surface area contributed by atoms with Gasteiger partial charge < -0.3 is 0 Å². The van der Waals surface area contributed by atoms with Gasteiger partial charge in [-0.15, -0.1) is 0 Å². The molecule has 0 atom stereocenters. The van der Waals surface area contributed by atoms with E-state index in [2.05, 4.69) is 43.7 Å². The molecule has 0 aliphatic heterocycles. The van der Waals surface area contributed by atoms with E-state index in [9.17, 15) is 0 Å². The molecule has 0 aliphatic carbocycles. The van der Waals surface area contributed by atoms with Crippen LogP contribution in [0.4, 0.5) is 0 Å². The van der Waals surface area contributed by atoms with Gasteiger partial charge in [0.25, 0.3) is 0 Å².